The maximum absolute atomic E-state index is 12.4. The summed E-state index contributed by atoms with van der Waals surface area (Å²) >= 11 is 0. The van der Waals surface area contributed by atoms with Gasteiger partial charge in [-0.1, -0.05) is 0 Å². The molecule has 1 fully saturated rings. The summed E-state index contributed by atoms with van der Waals surface area (Å²) in [6, 6.07) is 5.70. The third-order valence-electron chi connectivity index (χ3n) is 4.10. The first kappa shape index (κ1) is 14.7. The van der Waals surface area contributed by atoms with Crippen molar-refractivity contribution in [3.63, 3.8) is 0 Å². The zero-order valence-electron chi connectivity index (χ0n) is 13.1. The Morgan fingerprint density at radius 2 is 2.14 bits per heavy atom. The van der Waals surface area contributed by atoms with Crippen molar-refractivity contribution in [1.82, 2.24) is 15.2 Å². The second kappa shape index (κ2) is 5.88. The number of hydrogen-bond donors (Lipinski definition) is 2. The molecule has 1 atom stereocenters. The fourth-order valence-electron chi connectivity index (χ4n) is 2.90. The standard InChI is InChI=1S/C16H21N3O3/c1-19-5-4-10(9-19)17-16(20)14-8-12-13(18-14)6-11(21-2)7-15(12)22-3/h6-8,10,18H,4-5,9H2,1-3H3,(H,17,20)/t10-/m1/s1. The molecule has 0 bridgehead atoms. The molecular formula is C16H21N3O3. The molecule has 2 aromatic rings. The number of H-pyrrole nitrogens is 1. The number of ether oxygens (including phenoxy) is 2. The molecule has 0 radical (unpaired) electrons. The van der Waals surface area contributed by atoms with Gasteiger partial charge in [-0.3, -0.25) is 4.79 Å². The van der Waals surface area contributed by atoms with E-state index in [2.05, 4.69) is 22.2 Å². The van der Waals surface area contributed by atoms with Crippen LogP contribution in [0.25, 0.3) is 10.9 Å². The van der Waals surface area contributed by atoms with Gasteiger partial charge < -0.3 is 24.7 Å². The Kier molecular flexibility index (Phi) is 3.94. The third-order valence-corrected chi connectivity index (χ3v) is 4.10. The number of nitrogens with one attached hydrogen (secondary N) is 2. The number of likely N-dealkylation sites (tertiary alicyclic amines) is 1. The minimum absolute atomic E-state index is 0.0856. The number of hydrogen-bond acceptors (Lipinski definition) is 4. The summed E-state index contributed by atoms with van der Waals surface area (Å²) < 4.78 is 10.6. The highest BCUT2D eigenvalue weighted by Crippen LogP contribution is 2.31. The lowest BCUT2D eigenvalue weighted by molar-refractivity contribution is 0.0934. The molecule has 6 heteroatoms. The minimum atomic E-state index is -0.0856. The van der Waals surface area contributed by atoms with Gasteiger partial charge in [0.2, 0.25) is 0 Å². The molecule has 0 spiro atoms. The van der Waals surface area contributed by atoms with Crippen LogP contribution in [-0.4, -0.2) is 56.2 Å². The number of rotatable bonds is 4. The quantitative estimate of drug-likeness (QED) is 0.901. The van der Waals surface area contributed by atoms with E-state index in [-0.39, 0.29) is 11.9 Å². The number of aromatic nitrogens is 1. The SMILES string of the molecule is COc1cc(OC)c2cc(C(=O)N[C@@H]3CCN(C)C3)[nH]c2c1. The summed E-state index contributed by atoms with van der Waals surface area (Å²) in [7, 11) is 5.27. The van der Waals surface area contributed by atoms with Crippen molar-refractivity contribution in [2.45, 2.75) is 12.5 Å². The molecule has 1 amide bonds. The first-order chi connectivity index (χ1) is 10.6. The first-order valence-corrected chi connectivity index (χ1v) is 7.35. The molecule has 1 aliphatic rings. The molecule has 1 aromatic heterocycles. The molecule has 0 unspecified atom stereocenters. The van der Waals surface area contributed by atoms with Crippen LogP contribution in [0.3, 0.4) is 0 Å². The summed E-state index contributed by atoms with van der Waals surface area (Å²) in [4.78, 5) is 17.8. The molecule has 1 aliphatic heterocycles. The second-order valence-corrected chi connectivity index (χ2v) is 5.70. The molecule has 3 rings (SSSR count). The highest BCUT2D eigenvalue weighted by molar-refractivity contribution is 6.00. The van der Waals surface area contributed by atoms with Crippen LogP contribution in [0.5, 0.6) is 11.5 Å². The first-order valence-electron chi connectivity index (χ1n) is 7.35. The van der Waals surface area contributed by atoms with Crippen LogP contribution < -0.4 is 14.8 Å². The van der Waals surface area contributed by atoms with Gasteiger partial charge >= 0.3 is 0 Å². The van der Waals surface area contributed by atoms with Crippen molar-refractivity contribution < 1.29 is 14.3 Å². The molecule has 6 nitrogen and oxygen atoms in total. The van der Waals surface area contributed by atoms with Gasteiger partial charge in [-0.15, -0.1) is 0 Å². The van der Waals surface area contributed by atoms with Crippen molar-refractivity contribution in [3.05, 3.63) is 23.9 Å². The molecule has 0 aliphatic carbocycles. The zero-order chi connectivity index (χ0) is 15.7. The number of nitrogens with zero attached hydrogens (tertiary/aromatic N) is 1. The Balaban J connectivity index is 1.86. The van der Waals surface area contributed by atoms with Gasteiger partial charge in [0, 0.05) is 30.1 Å². The van der Waals surface area contributed by atoms with E-state index in [0.29, 0.717) is 17.2 Å². The predicted octanol–water partition coefficient (Wildman–Crippen LogP) is 1.62. The fraction of sp³-hybridized carbons (Fsp3) is 0.438. The van der Waals surface area contributed by atoms with Gasteiger partial charge in [-0.2, -0.15) is 0 Å². The summed E-state index contributed by atoms with van der Waals surface area (Å²) in [5.74, 6) is 1.29. The number of methoxy groups -OCH3 is 2. The molecule has 1 aromatic carbocycles. The zero-order valence-corrected chi connectivity index (χ0v) is 13.1. The fourth-order valence-corrected chi connectivity index (χ4v) is 2.90. The second-order valence-electron chi connectivity index (χ2n) is 5.70. The van der Waals surface area contributed by atoms with Crippen LogP contribution in [0.2, 0.25) is 0 Å². The van der Waals surface area contributed by atoms with E-state index in [1.807, 2.05) is 18.2 Å². The summed E-state index contributed by atoms with van der Waals surface area (Å²) in [5, 5.41) is 3.94. The largest absolute Gasteiger partial charge is 0.497 e. The number of aromatic amines is 1. The Morgan fingerprint density at radius 1 is 1.32 bits per heavy atom. The average molecular weight is 303 g/mol. The van der Waals surface area contributed by atoms with Crippen molar-refractivity contribution in [2.24, 2.45) is 0 Å². The van der Waals surface area contributed by atoms with E-state index in [0.717, 1.165) is 30.4 Å². The van der Waals surface area contributed by atoms with Crippen molar-refractivity contribution >= 4 is 16.8 Å². The number of carbonyl (C=O) groups excluding carboxylic acids is 1. The lowest BCUT2D eigenvalue weighted by Gasteiger charge is -2.11. The maximum Gasteiger partial charge on any atom is 0.267 e. The molecule has 0 saturated carbocycles. The van der Waals surface area contributed by atoms with Gasteiger partial charge in [-0.05, 0) is 26.1 Å². The van der Waals surface area contributed by atoms with Crippen molar-refractivity contribution in [2.75, 3.05) is 34.4 Å². The number of benzene rings is 1. The van der Waals surface area contributed by atoms with Gasteiger partial charge in [-0.25, -0.2) is 0 Å². The van der Waals surface area contributed by atoms with Crippen molar-refractivity contribution in [3.8, 4) is 11.5 Å². The van der Waals surface area contributed by atoms with Crippen LogP contribution in [0, 0.1) is 0 Å². The van der Waals surface area contributed by atoms with E-state index in [1.54, 1.807) is 14.2 Å². The van der Waals surface area contributed by atoms with Crippen LogP contribution in [0.1, 0.15) is 16.9 Å². The highest BCUT2D eigenvalue weighted by Gasteiger charge is 2.22. The molecule has 118 valence electrons. The van der Waals surface area contributed by atoms with Crippen LogP contribution in [0.15, 0.2) is 18.2 Å². The summed E-state index contributed by atoms with van der Waals surface area (Å²) in [6.45, 7) is 1.91. The third kappa shape index (κ3) is 2.74. The Morgan fingerprint density at radius 3 is 2.77 bits per heavy atom. The van der Waals surface area contributed by atoms with Gasteiger partial charge in [0.05, 0.1) is 19.7 Å². The van der Waals surface area contributed by atoms with E-state index >= 15 is 0 Å². The summed E-state index contributed by atoms with van der Waals surface area (Å²) in [5.41, 5.74) is 1.36. The van der Waals surface area contributed by atoms with E-state index in [9.17, 15) is 4.79 Å². The molecule has 1 saturated heterocycles. The van der Waals surface area contributed by atoms with Gasteiger partial charge in [0.25, 0.3) is 5.91 Å². The number of amides is 1. The van der Waals surface area contributed by atoms with E-state index in [4.69, 9.17) is 9.47 Å². The number of carbonyl (C=O) groups is 1. The van der Waals surface area contributed by atoms with Gasteiger partial charge in [0.15, 0.2) is 0 Å². The topological polar surface area (TPSA) is 66.6 Å². The Bertz CT molecular complexity index is 695. The van der Waals surface area contributed by atoms with Crippen LogP contribution >= 0.6 is 0 Å². The molecule has 2 heterocycles. The average Bonchev–Trinajstić information content (AvgIpc) is 3.12. The van der Waals surface area contributed by atoms with Crippen LogP contribution in [-0.2, 0) is 0 Å². The molecule has 2 N–H and O–H groups in total. The Hall–Kier alpha value is -2.21. The molecule has 22 heavy (non-hydrogen) atoms. The molecular weight excluding hydrogens is 282 g/mol. The van der Waals surface area contributed by atoms with Gasteiger partial charge in [0.1, 0.15) is 17.2 Å². The lowest BCUT2D eigenvalue weighted by atomic mass is 10.2. The maximum atomic E-state index is 12.4. The number of likely N-dealkylation sites (N-methyl/N-ethyl adjacent to an activating group) is 1. The van der Waals surface area contributed by atoms with E-state index < -0.39 is 0 Å². The van der Waals surface area contributed by atoms with E-state index in [1.165, 1.54) is 0 Å². The van der Waals surface area contributed by atoms with Crippen molar-refractivity contribution in [1.29, 1.82) is 0 Å². The summed E-state index contributed by atoms with van der Waals surface area (Å²) in [6.07, 6.45) is 0.986. The smallest absolute Gasteiger partial charge is 0.267 e. The highest BCUT2D eigenvalue weighted by atomic mass is 16.5. The Labute approximate surface area is 129 Å². The predicted molar refractivity (Wildman–Crippen MR) is 84.8 cm³/mol. The van der Waals surface area contributed by atoms with Crippen LogP contribution in [0.4, 0.5) is 0 Å². The minimum Gasteiger partial charge on any atom is -0.497 e. The lowest BCUT2D eigenvalue weighted by Crippen LogP contribution is -2.36. The number of fused-ring (bicyclic) bond motifs is 1. The normalized spacial score (nSPS) is 18.6. The monoisotopic (exact) mass is 303 g/mol.